The third kappa shape index (κ3) is 5.50. The Labute approximate surface area is 110 Å². The Morgan fingerprint density at radius 2 is 2.06 bits per heavy atom. The molecule has 0 aromatic heterocycles. The molecule has 0 atom stereocenters. The van der Waals surface area contributed by atoms with Gasteiger partial charge >= 0.3 is 0 Å². The van der Waals surface area contributed by atoms with Crippen LogP contribution in [0.2, 0.25) is 0 Å². The van der Waals surface area contributed by atoms with Crippen LogP contribution in [0.4, 0.5) is 0 Å². The van der Waals surface area contributed by atoms with E-state index >= 15 is 0 Å². The molecule has 1 rings (SSSR count). The van der Waals surface area contributed by atoms with Gasteiger partial charge in [-0.15, -0.1) is 0 Å². The average molecular weight is 251 g/mol. The molecule has 1 saturated heterocycles. The zero-order valence-electron chi connectivity index (χ0n) is 11.7. The largest absolute Gasteiger partial charge is 0.343 e. The maximum atomic E-state index is 11.8. The molecule has 1 heterocycles. The van der Waals surface area contributed by atoms with Crippen molar-refractivity contribution in [3.05, 3.63) is 0 Å². The van der Waals surface area contributed by atoms with Gasteiger partial charge in [-0.3, -0.25) is 4.79 Å². The molecule has 0 unspecified atom stereocenters. The molecule has 1 aliphatic rings. The molecule has 4 heteroatoms. The number of nitriles is 1. The minimum atomic E-state index is 0.131. The van der Waals surface area contributed by atoms with Crippen molar-refractivity contribution in [1.82, 2.24) is 10.2 Å². The molecule has 0 aromatic carbocycles. The summed E-state index contributed by atoms with van der Waals surface area (Å²) in [4.78, 5) is 13.7. The predicted molar refractivity (Wildman–Crippen MR) is 71.9 cm³/mol. The SMILES string of the molecule is CC(C)(CCC#N)CNCCC(=O)N1CCCC1. The van der Waals surface area contributed by atoms with Gasteiger partial charge in [0.25, 0.3) is 0 Å². The molecule has 0 aliphatic carbocycles. The van der Waals surface area contributed by atoms with Crippen molar-refractivity contribution >= 4 is 5.91 Å². The number of amides is 1. The fraction of sp³-hybridized carbons (Fsp3) is 0.857. The van der Waals surface area contributed by atoms with Crippen LogP contribution >= 0.6 is 0 Å². The van der Waals surface area contributed by atoms with Gasteiger partial charge in [-0.25, -0.2) is 0 Å². The van der Waals surface area contributed by atoms with Crippen molar-refractivity contribution < 1.29 is 4.79 Å². The zero-order valence-corrected chi connectivity index (χ0v) is 11.7. The highest BCUT2D eigenvalue weighted by molar-refractivity contribution is 5.76. The predicted octanol–water partition coefficient (Wildman–Crippen LogP) is 1.92. The van der Waals surface area contributed by atoms with Crippen molar-refractivity contribution in [2.75, 3.05) is 26.2 Å². The lowest BCUT2D eigenvalue weighted by molar-refractivity contribution is -0.130. The summed E-state index contributed by atoms with van der Waals surface area (Å²) in [6, 6.07) is 2.18. The van der Waals surface area contributed by atoms with Crippen LogP contribution in [0.1, 0.15) is 46.0 Å². The van der Waals surface area contributed by atoms with Crippen molar-refractivity contribution in [1.29, 1.82) is 5.26 Å². The molecule has 1 N–H and O–H groups in total. The summed E-state index contributed by atoms with van der Waals surface area (Å²) in [5.74, 6) is 0.273. The maximum absolute atomic E-state index is 11.8. The highest BCUT2D eigenvalue weighted by atomic mass is 16.2. The Bertz CT molecular complexity index is 301. The fourth-order valence-corrected chi connectivity index (χ4v) is 2.23. The van der Waals surface area contributed by atoms with E-state index in [-0.39, 0.29) is 11.3 Å². The van der Waals surface area contributed by atoms with Crippen molar-refractivity contribution in [3.63, 3.8) is 0 Å². The maximum Gasteiger partial charge on any atom is 0.223 e. The van der Waals surface area contributed by atoms with Gasteiger partial charge < -0.3 is 10.2 Å². The van der Waals surface area contributed by atoms with Crippen molar-refractivity contribution in [2.45, 2.75) is 46.0 Å². The lowest BCUT2D eigenvalue weighted by Gasteiger charge is -2.24. The molecule has 102 valence electrons. The normalized spacial score (nSPS) is 15.7. The van der Waals surface area contributed by atoms with Crippen LogP contribution in [0, 0.1) is 16.7 Å². The van der Waals surface area contributed by atoms with Gasteiger partial charge in [0.1, 0.15) is 0 Å². The summed E-state index contributed by atoms with van der Waals surface area (Å²) in [6.07, 6.45) is 4.40. The van der Waals surface area contributed by atoms with Gasteiger partial charge in [0.05, 0.1) is 6.07 Å². The molecular formula is C14H25N3O. The highest BCUT2D eigenvalue weighted by Crippen LogP contribution is 2.20. The molecule has 0 aromatic rings. The number of nitrogens with one attached hydrogen (secondary N) is 1. The van der Waals surface area contributed by atoms with Crippen molar-refractivity contribution in [2.24, 2.45) is 5.41 Å². The van der Waals surface area contributed by atoms with Gasteiger partial charge in [0, 0.05) is 39.0 Å². The Balaban J connectivity index is 2.10. The molecular weight excluding hydrogens is 226 g/mol. The molecule has 18 heavy (non-hydrogen) atoms. The van der Waals surface area contributed by atoms with E-state index in [2.05, 4.69) is 25.2 Å². The number of rotatable bonds is 7. The van der Waals surface area contributed by atoms with Crippen LogP contribution < -0.4 is 5.32 Å². The molecule has 1 fully saturated rings. The molecule has 1 aliphatic heterocycles. The summed E-state index contributed by atoms with van der Waals surface area (Å²) in [6.45, 7) is 7.78. The van der Waals surface area contributed by atoms with E-state index in [1.54, 1.807) is 0 Å². The monoisotopic (exact) mass is 251 g/mol. The molecule has 4 nitrogen and oxygen atoms in total. The van der Waals surface area contributed by atoms with E-state index in [1.165, 1.54) is 0 Å². The van der Waals surface area contributed by atoms with Gasteiger partial charge in [0.15, 0.2) is 0 Å². The molecule has 0 saturated carbocycles. The van der Waals surface area contributed by atoms with Crippen LogP contribution in [0.15, 0.2) is 0 Å². The summed E-state index contributed by atoms with van der Waals surface area (Å²) in [7, 11) is 0. The van der Waals surface area contributed by atoms with Gasteiger partial charge in [-0.2, -0.15) is 5.26 Å². The zero-order chi connectivity index (χ0) is 13.4. The first-order valence-corrected chi connectivity index (χ1v) is 6.91. The third-order valence-corrected chi connectivity index (χ3v) is 3.49. The highest BCUT2D eigenvalue weighted by Gasteiger charge is 2.19. The Hall–Kier alpha value is -1.08. The number of carbonyl (C=O) groups excluding carboxylic acids is 1. The first kappa shape index (κ1) is 15.0. The summed E-state index contributed by atoms with van der Waals surface area (Å²) in [5.41, 5.74) is 0.131. The standard InChI is InChI=1S/C14H25N3O/c1-14(2,7-5-8-15)12-16-9-6-13(18)17-10-3-4-11-17/h16H,3-7,9-12H2,1-2H3. The Morgan fingerprint density at radius 1 is 1.39 bits per heavy atom. The third-order valence-electron chi connectivity index (χ3n) is 3.49. The average Bonchev–Trinajstić information content (AvgIpc) is 2.86. The van der Waals surface area contributed by atoms with E-state index in [0.717, 1.165) is 45.4 Å². The Kier molecular flexibility index (Phi) is 6.14. The second-order valence-corrected chi connectivity index (χ2v) is 5.84. The van der Waals surface area contributed by atoms with E-state index < -0.39 is 0 Å². The van der Waals surface area contributed by atoms with Crippen LogP contribution in [0.5, 0.6) is 0 Å². The van der Waals surface area contributed by atoms with Gasteiger partial charge in [0.2, 0.25) is 5.91 Å². The molecule has 0 radical (unpaired) electrons. The first-order chi connectivity index (χ1) is 8.55. The van der Waals surface area contributed by atoms with E-state index in [1.807, 2.05) is 4.90 Å². The molecule has 0 bridgehead atoms. The smallest absolute Gasteiger partial charge is 0.223 e. The Morgan fingerprint density at radius 3 is 2.67 bits per heavy atom. The van der Waals surface area contributed by atoms with Crippen molar-refractivity contribution in [3.8, 4) is 6.07 Å². The van der Waals surface area contributed by atoms with E-state index in [0.29, 0.717) is 12.8 Å². The summed E-state index contributed by atoms with van der Waals surface area (Å²) >= 11 is 0. The van der Waals surface area contributed by atoms with Crippen LogP contribution in [0.3, 0.4) is 0 Å². The molecule has 0 spiro atoms. The lowest BCUT2D eigenvalue weighted by atomic mass is 9.88. The summed E-state index contributed by atoms with van der Waals surface area (Å²) in [5, 5.41) is 11.9. The second-order valence-electron chi connectivity index (χ2n) is 5.84. The second kappa shape index (κ2) is 7.38. The number of likely N-dealkylation sites (tertiary alicyclic amines) is 1. The number of nitrogens with zero attached hydrogens (tertiary/aromatic N) is 2. The van der Waals surface area contributed by atoms with E-state index in [4.69, 9.17) is 5.26 Å². The number of hydrogen-bond donors (Lipinski definition) is 1. The topological polar surface area (TPSA) is 56.1 Å². The van der Waals surface area contributed by atoms with Gasteiger partial charge in [-0.05, 0) is 24.7 Å². The molecule has 1 amide bonds. The fourth-order valence-electron chi connectivity index (χ4n) is 2.23. The number of carbonyl (C=O) groups is 1. The minimum Gasteiger partial charge on any atom is -0.343 e. The summed E-state index contributed by atoms with van der Waals surface area (Å²) < 4.78 is 0. The lowest BCUT2D eigenvalue weighted by Crippen LogP contribution is -2.34. The number of hydrogen-bond acceptors (Lipinski definition) is 3. The quantitative estimate of drug-likeness (QED) is 0.703. The van der Waals surface area contributed by atoms with Crippen LogP contribution in [-0.2, 0) is 4.79 Å². The first-order valence-electron chi connectivity index (χ1n) is 6.91. The van der Waals surface area contributed by atoms with E-state index in [9.17, 15) is 4.79 Å². The van der Waals surface area contributed by atoms with Gasteiger partial charge in [-0.1, -0.05) is 13.8 Å². The minimum absolute atomic E-state index is 0.131. The van der Waals surface area contributed by atoms with Crippen LogP contribution in [0.25, 0.3) is 0 Å². The van der Waals surface area contributed by atoms with Crippen LogP contribution in [-0.4, -0.2) is 37.0 Å².